The molecular formula is C11H21N3O. The lowest BCUT2D eigenvalue weighted by Gasteiger charge is -2.35. The summed E-state index contributed by atoms with van der Waals surface area (Å²) in [5.74, 6) is 0.583. The highest BCUT2D eigenvalue weighted by molar-refractivity contribution is 5.79. The predicted octanol–water partition coefficient (Wildman–Crippen LogP) is -0.194. The molecule has 2 atom stereocenters. The van der Waals surface area contributed by atoms with Crippen LogP contribution in [0.2, 0.25) is 0 Å². The molecule has 15 heavy (non-hydrogen) atoms. The third kappa shape index (κ3) is 2.69. The van der Waals surface area contributed by atoms with Crippen LogP contribution in [-0.2, 0) is 4.79 Å². The molecule has 1 amide bonds. The van der Waals surface area contributed by atoms with Gasteiger partial charge in [0, 0.05) is 32.2 Å². The first-order chi connectivity index (χ1) is 7.27. The molecule has 0 saturated carbocycles. The van der Waals surface area contributed by atoms with Gasteiger partial charge in [0.05, 0.1) is 5.92 Å². The van der Waals surface area contributed by atoms with Gasteiger partial charge in [-0.25, -0.2) is 0 Å². The van der Waals surface area contributed by atoms with E-state index in [0.29, 0.717) is 11.9 Å². The largest absolute Gasteiger partial charge is 0.340 e. The molecule has 2 rings (SSSR count). The molecule has 0 aliphatic carbocycles. The van der Waals surface area contributed by atoms with Crippen molar-refractivity contribution in [1.82, 2.24) is 15.5 Å². The van der Waals surface area contributed by atoms with E-state index in [0.717, 1.165) is 45.6 Å². The van der Waals surface area contributed by atoms with Gasteiger partial charge in [-0.1, -0.05) is 0 Å². The molecule has 2 saturated heterocycles. The van der Waals surface area contributed by atoms with Crippen LogP contribution in [0.15, 0.2) is 0 Å². The van der Waals surface area contributed by atoms with Gasteiger partial charge in [0.1, 0.15) is 0 Å². The first kappa shape index (κ1) is 10.9. The second-order valence-electron chi connectivity index (χ2n) is 4.68. The van der Waals surface area contributed by atoms with Crippen molar-refractivity contribution in [3.05, 3.63) is 0 Å². The number of piperazine rings is 1. The van der Waals surface area contributed by atoms with Gasteiger partial charge in [0.25, 0.3) is 0 Å². The maximum atomic E-state index is 12.2. The van der Waals surface area contributed by atoms with Crippen LogP contribution < -0.4 is 10.6 Å². The molecule has 0 aromatic heterocycles. The van der Waals surface area contributed by atoms with Gasteiger partial charge in [-0.05, 0) is 26.3 Å². The van der Waals surface area contributed by atoms with Gasteiger partial charge in [0.2, 0.25) is 5.91 Å². The standard InChI is InChI=1S/C11H21N3O/c1-9-8-14(6-5-13-9)11(15)10-3-2-4-12-7-10/h9-10,12-13H,2-8H2,1H3/t9?,10-/m1/s1. The quantitative estimate of drug-likeness (QED) is 0.632. The van der Waals surface area contributed by atoms with E-state index in [-0.39, 0.29) is 5.92 Å². The summed E-state index contributed by atoms with van der Waals surface area (Å²) in [6.07, 6.45) is 2.20. The number of nitrogens with zero attached hydrogens (tertiary/aromatic N) is 1. The van der Waals surface area contributed by atoms with Crippen molar-refractivity contribution in [1.29, 1.82) is 0 Å². The molecule has 0 spiro atoms. The molecule has 2 heterocycles. The minimum Gasteiger partial charge on any atom is -0.340 e. The number of piperidine rings is 1. The summed E-state index contributed by atoms with van der Waals surface area (Å²) >= 11 is 0. The third-order valence-corrected chi connectivity index (χ3v) is 3.33. The maximum Gasteiger partial charge on any atom is 0.227 e. The van der Waals surface area contributed by atoms with E-state index >= 15 is 0 Å². The Morgan fingerprint density at radius 1 is 1.40 bits per heavy atom. The van der Waals surface area contributed by atoms with Gasteiger partial charge in [-0.3, -0.25) is 4.79 Å². The molecule has 0 aromatic carbocycles. The second kappa shape index (κ2) is 4.94. The topological polar surface area (TPSA) is 44.4 Å². The molecule has 4 nitrogen and oxygen atoms in total. The summed E-state index contributed by atoms with van der Waals surface area (Å²) in [5.41, 5.74) is 0. The lowest BCUT2D eigenvalue weighted by molar-refractivity contribution is -0.137. The van der Waals surface area contributed by atoms with Crippen LogP contribution >= 0.6 is 0 Å². The van der Waals surface area contributed by atoms with E-state index in [1.54, 1.807) is 0 Å². The van der Waals surface area contributed by atoms with Crippen molar-refractivity contribution in [2.75, 3.05) is 32.7 Å². The van der Waals surface area contributed by atoms with E-state index in [4.69, 9.17) is 0 Å². The van der Waals surface area contributed by atoms with Crippen LogP contribution in [0.4, 0.5) is 0 Å². The Labute approximate surface area is 91.4 Å². The normalized spacial score (nSPS) is 32.7. The van der Waals surface area contributed by atoms with Crippen molar-refractivity contribution in [3.8, 4) is 0 Å². The van der Waals surface area contributed by atoms with Crippen LogP contribution in [0.5, 0.6) is 0 Å². The second-order valence-corrected chi connectivity index (χ2v) is 4.68. The molecule has 0 bridgehead atoms. The molecule has 86 valence electrons. The van der Waals surface area contributed by atoms with Gasteiger partial charge < -0.3 is 15.5 Å². The summed E-state index contributed by atoms with van der Waals surface area (Å²) in [6, 6.07) is 0.444. The minimum atomic E-state index is 0.226. The summed E-state index contributed by atoms with van der Waals surface area (Å²) in [7, 11) is 0. The Hall–Kier alpha value is -0.610. The number of hydrogen-bond donors (Lipinski definition) is 2. The fourth-order valence-corrected chi connectivity index (χ4v) is 2.45. The maximum absolute atomic E-state index is 12.2. The third-order valence-electron chi connectivity index (χ3n) is 3.33. The average molecular weight is 211 g/mol. The van der Waals surface area contributed by atoms with Gasteiger partial charge in [-0.2, -0.15) is 0 Å². The molecule has 4 heteroatoms. The molecular weight excluding hydrogens is 190 g/mol. The van der Waals surface area contributed by atoms with Crippen LogP contribution in [-0.4, -0.2) is 49.6 Å². The molecule has 0 aromatic rings. The summed E-state index contributed by atoms with van der Waals surface area (Å²) in [4.78, 5) is 14.2. The summed E-state index contributed by atoms with van der Waals surface area (Å²) in [5, 5.41) is 6.66. The Morgan fingerprint density at radius 3 is 2.93 bits per heavy atom. The van der Waals surface area contributed by atoms with Crippen LogP contribution in [0.1, 0.15) is 19.8 Å². The molecule has 0 radical (unpaired) electrons. The molecule has 2 fully saturated rings. The summed E-state index contributed by atoms with van der Waals surface area (Å²) < 4.78 is 0. The van der Waals surface area contributed by atoms with Crippen molar-refractivity contribution >= 4 is 5.91 Å². The monoisotopic (exact) mass is 211 g/mol. The Morgan fingerprint density at radius 2 is 2.27 bits per heavy atom. The number of rotatable bonds is 1. The Kier molecular flexibility index (Phi) is 3.59. The minimum absolute atomic E-state index is 0.226. The van der Waals surface area contributed by atoms with Crippen LogP contribution in [0, 0.1) is 5.92 Å². The van der Waals surface area contributed by atoms with E-state index in [9.17, 15) is 4.79 Å². The number of amides is 1. The van der Waals surface area contributed by atoms with E-state index in [1.165, 1.54) is 0 Å². The Bertz CT molecular complexity index is 226. The van der Waals surface area contributed by atoms with Crippen molar-refractivity contribution < 1.29 is 4.79 Å². The number of nitrogens with one attached hydrogen (secondary N) is 2. The lowest BCUT2D eigenvalue weighted by Crippen LogP contribution is -2.54. The Balaban J connectivity index is 1.88. The van der Waals surface area contributed by atoms with Gasteiger partial charge in [-0.15, -0.1) is 0 Å². The highest BCUT2D eigenvalue weighted by Gasteiger charge is 2.28. The van der Waals surface area contributed by atoms with Gasteiger partial charge in [0.15, 0.2) is 0 Å². The zero-order valence-corrected chi connectivity index (χ0v) is 9.46. The van der Waals surface area contributed by atoms with Crippen LogP contribution in [0.3, 0.4) is 0 Å². The molecule has 1 unspecified atom stereocenters. The van der Waals surface area contributed by atoms with Gasteiger partial charge >= 0.3 is 0 Å². The lowest BCUT2D eigenvalue weighted by atomic mass is 9.97. The van der Waals surface area contributed by atoms with E-state index in [1.807, 2.05) is 4.90 Å². The first-order valence-corrected chi connectivity index (χ1v) is 6.00. The van der Waals surface area contributed by atoms with Crippen molar-refractivity contribution in [2.24, 2.45) is 5.92 Å². The number of carbonyl (C=O) groups excluding carboxylic acids is 1. The van der Waals surface area contributed by atoms with E-state index < -0.39 is 0 Å². The van der Waals surface area contributed by atoms with Crippen LogP contribution in [0.25, 0.3) is 0 Å². The van der Waals surface area contributed by atoms with E-state index in [2.05, 4.69) is 17.6 Å². The number of hydrogen-bond acceptors (Lipinski definition) is 3. The highest BCUT2D eigenvalue weighted by Crippen LogP contribution is 2.14. The SMILES string of the molecule is CC1CN(C(=O)[C@@H]2CCCNC2)CCN1. The average Bonchev–Trinajstić information content (AvgIpc) is 2.29. The zero-order chi connectivity index (χ0) is 10.7. The molecule has 2 aliphatic rings. The van der Waals surface area contributed by atoms with Crippen molar-refractivity contribution in [2.45, 2.75) is 25.8 Å². The van der Waals surface area contributed by atoms with Crippen molar-refractivity contribution in [3.63, 3.8) is 0 Å². The fourth-order valence-electron chi connectivity index (χ4n) is 2.45. The smallest absolute Gasteiger partial charge is 0.227 e. The number of carbonyl (C=O) groups is 1. The highest BCUT2D eigenvalue weighted by atomic mass is 16.2. The zero-order valence-electron chi connectivity index (χ0n) is 9.46. The summed E-state index contributed by atoms with van der Waals surface area (Å²) in [6.45, 7) is 6.76. The fraction of sp³-hybridized carbons (Fsp3) is 0.909. The predicted molar refractivity (Wildman–Crippen MR) is 59.6 cm³/mol. The molecule has 2 aliphatic heterocycles. The first-order valence-electron chi connectivity index (χ1n) is 6.00. The molecule has 2 N–H and O–H groups in total.